The molecule has 2 rings (SSSR count). The van der Waals surface area contributed by atoms with Gasteiger partial charge in [0, 0.05) is 30.9 Å². The Labute approximate surface area is 110 Å². The molecule has 2 heterocycles. The lowest BCUT2D eigenvalue weighted by Crippen LogP contribution is -2.43. The molecule has 4 nitrogen and oxygen atoms in total. The average molecular weight is 251 g/mol. The van der Waals surface area contributed by atoms with E-state index in [1.807, 2.05) is 17.9 Å². The van der Waals surface area contributed by atoms with Gasteiger partial charge in [0.1, 0.15) is 0 Å². The first-order valence-electron chi connectivity index (χ1n) is 6.62. The van der Waals surface area contributed by atoms with E-state index in [1.165, 1.54) is 11.3 Å². The molecule has 1 aromatic rings. The van der Waals surface area contributed by atoms with Gasteiger partial charge in [0.15, 0.2) is 0 Å². The van der Waals surface area contributed by atoms with Gasteiger partial charge in [-0.15, -0.1) is 0 Å². The molecule has 102 valence electrons. The third kappa shape index (κ3) is 2.59. The summed E-state index contributed by atoms with van der Waals surface area (Å²) in [6.07, 6.45) is 2.98. The highest BCUT2D eigenvalue weighted by Gasteiger charge is 2.45. The van der Waals surface area contributed by atoms with Gasteiger partial charge < -0.3 is 10.1 Å². The van der Waals surface area contributed by atoms with E-state index < -0.39 is 0 Å². The van der Waals surface area contributed by atoms with E-state index in [0.717, 1.165) is 13.0 Å². The van der Waals surface area contributed by atoms with Gasteiger partial charge in [-0.2, -0.15) is 5.10 Å². The molecule has 1 atom stereocenters. The average Bonchev–Trinajstić information content (AvgIpc) is 2.63. The third-order valence-electron chi connectivity index (χ3n) is 3.95. The molecule has 0 bridgehead atoms. The van der Waals surface area contributed by atoms with Crippen LogP contribution in [0.4, 0.5) is 0 Å². The lowest BCUT2D eigenvalue weighted by Gasteiger charge is -2.27. The predicted molar refractivity (Wildman–Crippen MR) is 72.4 cm³/mol. The number of hydrogen-bond donors (Lipinski definition) is 1. The molecule has 1 saturated heterocycles. The Morgan fingerprint density at radius 3 is 2.56 bits per heavy atom. The first-order chi connectivity index (χ1) is 8.21. The summed E-state index contributed by atoms with van der Waals surface area (Å²) in [4.78, 5) is 0. The van der Waals surface area contributed by atoms with Gasteiger partial charge in [0.05, 0.1) is 17.4 Å². The van der Waals surface area contributed by atoms with Crippen LogP contribution in [0.2, 0.25) is 0 Å². The van der Waals surface area contributed by atoms with Gasteiger partial charge in [0.25, 0.3) is 0 Å². The Bertz CT molecular complexity index is 434. The number of rotatable bonds is 3. The number of hydrogen-bond acceptors (Lipinski definition) is 3. The number of nitrogens with zero attached hydrogens (tertiary/aromatic N) is 2. The topological polar surface area (TPSA) is 39.1 Å². The normalized spacial score (nSPS) is 25.6. The summed E-state index contributed by atoms with van der Waals surface area (Å²) in [5, 5.41) is 7.89. The van der Waals surface area contributed by atoms with Crippen LogP contribution in [0.3, 0.4) is 0 Å². The molecule has 4 heteroatoms. The van der Waals surface area contributed by atoms with Crippen molar-refractivity contribution in [3.63, 3.8) is 0 Å². The van der Waals surface area contributed by atoms with Crippen LogP contribution < -0.4 is 5.32 Å². The first-order valence-corrected chi connectivity index (χ1v) is 6.62. The third-order valence-corrected chi connectivity index (χ3v) is 3.95. The Balaban J connectivity index is 2.01. The molecule has 1 aliphatic rings. The Morgan fingerprint density at radius 1 is 1.44 bits per heavy atom. The van der Waals surface area contributed by atoms with Crippen molar-refractivity contribution in [3.05, 3.63) is 17.5 Å². The molecule has 0 amide bonds. The zero-order valence-corrected chi connectivity index (χ0v) is 12.4. The summed E-state index contributed by atoms with van der Waals surface area (Å²) in [7, 11) is 1.98. The zero-order valence-electron chi connectivity index (χ0n) is 12.4. The Morgan fingerprint density at radius 2 is 2.11 bits per heavy atom. The van der Waals surface area contributed by atoms with E-state index in [0.29, 0.717) is 6.04 Å². The summed E-state index contributed by atoms with van der Waals surface area (Å²) < 4.78 is 8.00. The van der Waals surface area contributed by atoms with Crippen LogP contribution in [-0.4, -0.2) is 27.0 Å². The minimum absolute atomic E-state index is 0.0366. The van der Waals surface area contributed by atoms with E-state index in [4.69, 9.17) is 4.74 Å². The maximum absolute atomic E-state index is 6.09. The fourth-order valence-electron chi connectivity index (χ4n) is 2.83. The minimum atomic E-state index is -0.111. The number of nitrogens with one attached hydrogen (secondary N) is 1. The van der Waals surface area contributed by atoms with Gasteiger partial charge in [-0.25, -0.2) is 0 Å². The van der Waals surface area contributed by atoms with Crippen molar-refractivity contribution in [3.8, 4) is 0 Å². The molecule has 0 spiro atoms. The molecule has 18 heavy (non-hydrogen) atoms. The molecule has 1 N–H and O–H groups in total. The summed E-state index contributed by atoms with van der Waals surface area (Å²) in [5.74, 6) is 0. The van der Waals surface area contributed by atoms with Gasteiger partial charge in [-0.05, 0) is 41.0 Å². The van der Waals surface area contributed by atoms with Crippen molar-refractivity contribution in [2.45, 2.75) is 64.8 Å². The second-order valence-corrected chi connectivity index (χ2v) is 6.48. The second kappa shape index (κ2) is 4.35. The van der Waals surface area contributed by atoms with Crippen LogP contribution in [0, 0.1) is 6.92 Å². The molecule has 1 fully saturated rings. The summed E-state index contributed by atoms with van der Waals surface area (Å²) in [6, 6.07) is 0.382. The van der Waals surface area contributed by atoms with Crippen LogP contribution >= 0.6 is 0 Å². The number of aromatic nitrogens is 2. The van der Waals surface area contributed by atoms with Crippen LogP contribution in [0.25, 0.3) is 0 Å². The van der Waals surface area contributed by atoms with Crippen molar-refractivity contribution in [1.29, 1.82) is 0 Å². The molecule has 1 unspecified atom stereocenters. The zero-order chi connectivity index (χ0) is 13.6. The minimum Gasteiger partial charge on any atom is -0.368 e. The summed E-state index contributed by atoms with van der Waals surface area (Å²) >= 11 is 0. The molecule has 0 saturated carbocycles. The van der Waals surface area contributed by atoms with Gasteiger partial charge >= 0.3 is 0 Å². The number of ether oxygens (including phenoxy) is 1. The molecule has 1 aliphatic heterocycles. The van der Waals surface area contributed by atoms with E-state index >= 15 is 0 Å². The lowest BCUT2D eigenvalue weighted by molar-refractivity contribution is -0.0699. The summed E-state index contributed by atoms with van der Waals surface area (Å²) in [5.41, 5.74) is 2.33. The van der Waals surface area contributed by atoms with E-state index in [9.17, 15) is 0 Å². The van der Waals surface area contributed by atoms with E-state index in [-0.39, 0.29) is 11.2 Å². The fourth-order valence-corrected chi connectivity index (χ4v) is 2.83. The standard InChI is InChI=1S/C14H25N3O/c1-10-11(9-16-17(10)6)8-15-12-7-13(2,3)18-14(12,4)5/h9,12,15H,7-8H2,1-6H3. The quantitative estimate of drug-likeness (QED) is 0.895. The number of aryl methyl sites for hydroxylation is 1. The van der Waals surface area contributed by atoms with Gasteiger partial charge in [-0.1, -0.05) is 0 Å². The second-order valence-electron chi connectivity index (χ2n) is 6.48. The van der Waals surface area contributed by atoms with Crippen LogP contribution in [0.5, 0.6) is 0 Å². The van der Waals surface area contributed by atoms with E-state index in [1.54, 1.807) is 0 Å². The molecule has 0 aromatic carbocycles. The van der Waals surface area contributed by atoms with Crippen molar-refractivity contribution in [2.24, 2.45) is 7.05 Å². The monoisotopic (exact) mass is 251 g/mol. The lowest BCUT2D eigenvalue weighted by atomic mass is 9.94. The highest BCUT2D eigenvalue weighted by atomic mass is 16.5. The fraction of sp³-hybridized carbons (Fsp3) is 0.786. The van der Waals surface area contributed by atoms with Crippen molar-refractivity contribution >= 4 is 0 Å². The van der Waals surface area contributed by atoms with Crippen molar-refractivity contribution in [2.75, 3.05) is 0 Å². The maximum Gasteiger partial charge on any atom is 0.0787 e. The molecule has 1 aromatic heterocycles. The van der Waals surface area contributed by atoms with Gasteiger partial charge in [0.2, 0.25) is 0 Å². The molecule has 0 radical (unpaired) electrons. The largest absolute Gasteiger partial charge is 0.368 e. The van der Waals surface area contributed by atoms with Crippen molar-refractivity contribution < 1.29 is 4.74 Å². The molecular formula is C14H25N3O. The molecular weight excluding hydrogens is 226 g/mol. The Kier molecular flexibility index (Phi) is 3.28. The Hall–Kier alpha value is -0.870. The maximum atomic E-state index is 6.09. The van der Waals surface area contributed by atoms with Crippen LogP contribution in [0.1, 0.15) is 45.4 Å². The highest BCUT2D eigenvalue weighted by molar-refractivity contribution is 5.16. The SMILES string of the molecule is Cc1c(CNC2CC(C)(C)OC2(C)C)cnn1C. The highest BCUT2D eigenvalue weighted by Crippen LogP contribution is 2.37. The smallest absolute Gasteiger partial charge is 0.0787 e. The van der Waals surface area contributed by atoms with Crippen LogP contribution in [-0.2, 0) is 18.3 Å². The first kappa shape index (κ1) is 13.6. The van der Waals surface area contributed by atoms with E-state index in [2.05, 4.69) is 45.0 Å². The predicted octanol–water partition coefficient (Wildman–Crippen LogP) is 2.16. The summed E-state index contributed by atoms with van der Waals surface area (Å²) in [6.45, 7) is 11.6. The molecule has 0 aliphatic carbocycles. The van der Waals surface area contributed by atoms with Crippen molar-refractivity contribution in [1.82, 2.24) is 15.1 Å². The van der Waals surface area contributed by atoms with Gasteiger partial charge in [-0.3, -0.25) is 4.68 Å². The van der Waals surface area contributed by atoms with Crippen LogP contribution in [0.15, 0.2) is 6.20 Å².